The first-order chi connectivity index (χ1) is 8.19. The van der Waals surface area contributed by atoms with Crippen LogP contribution in [0, 0.1) is 0 Å². The number of hydrogen-bond donors (Lipinski definition) is 2. The summed E-state index contributed by atoms with van der Waals surface area (Å²) < 4.78 is 1.67. The zero-order chi connectivity index (χ0) is 12.7. The molecule has 2 N–H and O–H groups in total. The Labute approximate surface area is 106 Å². The number of nitrogens with one attached hydrogen (secondary N) is 2. The lowest BCUT2D eigenvalue weighted by molar-refractivity contribution is 0.604. The quantitative estimate of drug-likeness (QED) is 0.542. The summed E-state index contributed by atoms with van der Waals surface area (Å²) in [6, 6.07) is 0. The molecule has 0 atom stereocenters. The molecule has 1 aromatic heterocycles. The Morgan fingerprint density at radius 3 is 3.00 bits per heavy atom. The third-order valence-electron chi connectivity index (χ3n) is 2.20. The van der Waals surface area contributed by atoms with Crippen molar-refractivity contribution in [2.45, 2.75) is 32.0 Å². The lowest BCUT2D eigenvalue weighted by Crippen LogP contribution is -2.18. The van der Waals surface area contributed by atoms with Gasteiger partial charge in [0.15, 0.2) is 5.16 Å². The molecule has 1 rings (SSSR count). The SMILES string of the molecule is C=C(CNCC)CSc1n[nH]c(=O)n1CCC. The number of aromatic nitrogens is 3. The average Bonchev–Trinajstić information content (AvgIpc) is 2.66. The number of aromatic amines is 1. The van der Waals surface area contributed by atoms with Gasteiger partial charge in [0, 0.05) is 18.8 Å². The van der Waals surface area contributed by atoms with Gasteiger partial charge in [-0.15, -0.1) is 5.10 Å². The minimum absolute atomic E-state index is 0.133. The zero-order valence-electron chi connectivity index (χ0n) is 10.5. The van der Waals surface area contributed by atoms with Gasteiger partial charge in [0.25, 0.3) is 0 Å². The Morgan fingerprint density at radius 2 is 2.35 bits per heavy atom. The Balaban J connectivity index is 2.51. The van der Waals surface area contributed by atoms with Crippen LogP contribution in [0.2, 0.25) is 0 Å². The van der Waals surface area contributed by atoms with E-state index in [2.05, 4.69) is 29.0 Å². The molecule has 6 heteroatoms. The number of H-pyrrole nitrogens is 1. The van der Waals surface area contributed by atoms with Gasteiger partial charge < -0.3 is 5.32 Å². The molecule has 0 saturated heterocycles. The van der Waals surface area contributed by atoms with Gasteiger partial charge >= 0.3 is 5.69 Å². The van der Waals surface area contributed by atoms with Crippen molar-refractivity contribution >= 4 is 11.8 Å². The summed E-state index contributed by atoms with van der Waals surface area (Å²) in [6.45, 7) is 10.5. The molecule has 1 heterocycles. The molecular formula is C11H20N4OS. The second-order valence-electron chi connectivity index (χ2n) is 3.78. The van der Waals surface area contributed by atoms with E-state index in [4.69, 9.17) is 0 Å². The van der Waals surface area contributed by atoms with Gasteiger partial charge in [0.2, 0.25) is 0 Å². The fraction of sp³-hybridized carbons (Fsp3) is 0.636. The Kier molecular flexibility index (Phi) is 6.07. The van der Waals surface area contributed by atoms with E-state index in [-0.39, 0.29) is 5.69 Å². The van der Waals surface area contributed by atoms with E-state index in [9.17, 15) is 4.79 Å². The third-order valence-corrected chi connectivity index (χ3v) is 3.32. The van der Waals surface area contributed by atoms with Gasteiger partial charge in [0.05, 0.1) is 0 Å². The number of likely N-dealkylation sites (N-methyl/N-ethyl adjacent to an activating group) is 1. The van der Waals surface area contributed by atoms with Crippen LogP contribution in [0.5, 0.6) is 0 Å². The van der Waals surface area contributed by atoms with Crippen LogP contribution in [0.15, 0.2) is 22.1 Å². The predicted octanol–water partition coefficient (Wildman–Crippen LogP) is 1.24. The van der Waals surface area contributed by atoms with E-state index in [0.29, 0.717) is 6.54 Å². The zero-order valence-corrected chi connectivity index (χ0v) is 11.3. The van der Waals surface area contributed by atoms with Crippen LogP contribution < -0.4 is 11.0 Å². The van der Waals surface area contributed by atoms with Gasteiger partial charge in [-0.25, -0.2) is 9.89 Å². The predicted molar refractivity (Wildman–Crippen MR) is 71.5 cm³/mol. The summed E-state index contributed by atoms with van der Waals surface area (Å²) in [5.41, 5.74) is 0.974. The summed E-state index contributed by atoms with van der Waals surface area (Å²) in [5, 5.41) is 10.5. The fourth-order valence-corrected chi connectivity index (χ4v) is 2.23. The molecule has 0 radical (unpaired) electrons. The van der Waals surface area contributed by atoms with E-state index < -0.39 is 0 Å². The van der Waals surface area contributed by atoms with E-state index in [1.807, 2.05) is 6.92 Å². The molecule has 17 heavy (non-hydrogen) atoms. The molecular weight excluding hydrogens is 236 g/mol. The van der Waals surface area contributed by atoms with Crippen molar-refractivity contribution in [2.75, 3.05) is 18.8 Å². The van der Waals surface area contributed by atoms with Crippen LogP contribution in [-0.4, -0.2) is 33.6 Å². The number of hydrogen-bond acceptors (Lipinski definition) is 4. The van der Waals surface area contributed by atoms with Crippen LogP contribution in [0.1, 0.15) is 20.3 Å². The summed E-state index contributed by atoms with van der Waals surface area (Å²) in [7, 11) is 0. The van der Waals surface area contributed by atoms with Gasteiger partial charge in [-0.3, -0.25) is 4.57 Å². The Hall–Kier alpha value is -1.01. The second kappa shape index (κ2) is 7.34. The van der Waals surface area contributed by atoms with Crippen molar-refractivity contribution in [2.24, 2.45) is 0 Å². The van der Waals surface area contributed by atoms with Crippen molar-refractivity contribution in [3.63, 3.8) is 0 Å². The number of rotatable bonds is 8. The molecule has 0 amide bonds. The van der Waals surface area contributed by atoms with Crippen LogP contribution in [0.25, 0.3) is 0 Å². The van der Waals surface area contributed by atoms with Crippen molar-refractivity contribution in [3.05, 3.63) is 22.6 Å². The van der Waals surface area contributed by atoms with Gasteiger partial charge in [-0.2, -0.15) is 0 Å². The van der Waals surface area contributed by atoms with Crippen molar-refractivity contribution in [3.8, 4) is 0 Å². The number of nitrogens with zero attached hydrogens (tertiary/aromatic N) is 2. The first-order valence-electron chi connectivity index (χ1n) is 5.84. The molecule has 96 valence electrons. The molecule has 0 aliphatic heterocycles. The van der Waals surface area contributed by atoms with Crippen LogP contribution in [0.3, 0.4) is 0 Å². The van der Waals surface area contributed by atoms with Crippen molar-refractivity contribution in [1.29, 1.82) is 0 Å². The number of thioether (sulfide) groups is 1. The Bertz CT molecular complexity index is 410. The first kappa shape index (κ1) is 14.1. The molecule has 0 aliphatic rings. The maximum Gasteiger partial charge on any atom is 0.343 e. The normalized spacial score (nSPS) is 10.7. The Morgan fingerprint density at radius 1 is 1.59 bits per heavy atom. The topological polar surface area (TPSA) is 62.7 Å². The second-order valence-corrected chi connectivity index (χ2v) is 4.72. The van der Waals surface area contributed by atoms with Gasteiger partial charge in [0.1, 0.15) is 0 Å². The van der Waals surface area contributed by atoms with E-state index in [1.54, 1.807) is 16.3 Å². The molecule has 0 saturated carbocycles. The molecule has 0 aliphatic carbocycles. The third kappa shape index (κ3) is 4.40. The smallest absolute Gasteiger partial charge is 0.313 e. The first-order valence-corrected chi connectivity index (χ1v) is 6.83. The minimum atomic E-state index is -0.133. The molecule has 1 aromatic rings. The average molecular weight is 256 g/mol. The standard InChI is InChI=1S/C11H20N4OS/c1-4-6-15-10(16)13-14-11(15)17-8-9(3)7-12-5-2/h12H,3-8H2,1-2H3,(H,13,16). The van der Waals surface area contributed by atoms with E-state index >= 15 is 0 Å². The maximum atomic E-state index is 11.4. The van der Waals surface area contributed by atoms with E-state index in [0.717, 1.165) is 36.0 Å². The molecule has 0 bridgehead atoms. The minimum Gasteiger partial charge on any atom is -0.313 e. The molecule has 5 nitrogen and oxygen atoms in total. The molecule has 0 aromatic carbocycles. The molecule has 0 fully saturated rings. The monoisotopic (exact) mass is 256 g/mol. The molecule has 0 spiro atoms. The highest BCUT2D eigenvalue weighted by Crippen LogP contribution is 2.15. The van der Waals surface area contributed by atoms with Crippen LogP contribution in [0.4, 0.5) is 0 Å². The highest BCUT2D eigenvalue weighted by molar-refractivity contribution is 7.99. The van der Waals surface area contributed by atoms with E-state index in [1.165, 1.54) is 0 Å². The largest absolute Gasteiger partial charge is 0.343 e. The van der Waals surface area contributed by atoms with Gasteiger partial charge in [-0.1, -0.05) is 37.8 Å². The summed E-state index contributed by atoms with van der Waals surface area (Å²) in [4.78, 5) is 11.4. The maximum absolute atomic E-state index is 11.4. The van der Waals surface area contributed by atoms with Gasteiger partial charge in [-0.05, 0) is 13.0 Å². The van der Waals surface area contributed by atoms with Crippen molar-refractivity contribution in [1.82, 2.24) is 20.1 Å². The lowest BCUT2D eigenvalue weighted by atomic mass is 10.3. The lowest BCUT2D eigenvalue weighted by Gasteiger charge is -2.06. The highest BCUT2D eigenvalue weighted by Gasteiger charge is 2.08. The summed E-state index contributed by atoms with van der Waals surface area (Å²) in [6.07, 6.45) is 0.922. The van der Waals surface area contributed by atoms with Crippen LogP contribution in [-0.2, 0) is 6.54 Å². The summed E-state index contributed by atoms with van der Waals surface area (Å²) >= 11 is 1.55. The highest BCUT2D eigenvalue weighted by atomic mass is 32.2. The molecule has 0 unspecified atom stereocenters. The van der Waals surface area contributed by atoms with Crippen molar-refractivity contribution < 1.29 is 0 Å². The van der Waals surface area contributed by atoms with Crippen LogP contribution >= 0.6 is 11.8 Å². The fourth-order valence-electron chi connectivity index (χ4n) is 1.35. The summed E-state index contributed by atoms with van der Waals surface area (Å²) in [5.74, 6) is 0.779.